The highest BCUT2D eigenvalue weighted by Gasteiger charge is 2.26. The number of aliphatic hydroxyl groups excluding tert-OH is 1. The molecule has 0 spiro atoms. The van der Waals surface area contributed by atoms with E-state index in [-0.39, 0.29) is 12.3 Å². The summed E-state index contributed by atoms with van der Waals surface area (Å²) in [5, 5.41) is 24.2. The molecule has 0 saturated heterocycles. The predicted molar refractivity (Wildman–Crippen MR) is 79.1 cm³/mol. The zero-order valence-electron chi connectivity index (χ0n) is 11.9. The lowest BCUT2D eigenvalue weighted by atomic mass is 10.2. The Morgan fingerprint density at radius 1 is 1.09 bits per heavy atom. The van der Waals surface area contributed by atoms with E-state index in [2.05, 4.69) is 28.6 Å². The Balaban J connectivity index is 4.58. The van der Waals surface area contributed by atoms with Gasteiger partial charge in [-0.25, -0.2) is 4.79 Å². The average molecular weight is 336 g/mol. The summed E-state index contributed by atoms with van der Waals surface area (Å²) in [7, 11) is 0. The molecule has 0 rings (SSSR count). The molecule has 0 aliphatic carbocycles. The van der Waals surface area contributed by atoms with Gasteiger partial charge in [-0.1, -0.05) is 0 Å². The molecule has 0 bridgehead atoms. The van der Waals surface area contributed by atoms with E-state index < -0.39 is 48.4 Å². The summed E-state index contributed by atoms with van der Waals surface area (Å²) < 4.78 is 0. The fraction of sp³-hybridized carbons (Fsp3) is 0.636. The molecule has 0 aromatic rings. The summed E-state index contributed by atoms with van der Waals surface area (Å²) in [4.78, 5) is 45.4. The molecule has 0 saturated carbocycles. The topological polar surface area (TPSA) is 171 Å². The lowest BCUT2D eigenvalue weighted by molar-refractivity contribution is -0.143. The van der Waals surface area contributed by atoms with Crippen LogP contribution in [0.25, 0.3) is 0 Å². The number of carbonyl (C=O) groups excluding carboxylic acids is 3. The third-order valence-corrected chi connectivity index (χ3v) is 2.93. The van der Waals surface area contributed by atoms with Crippen molar-refractivity contribution < 1.29 is 29.4 Å². The molecule has 0 aliphatic rings. The summed E-state index contributed by atoms with van der Waals surface area (Å²) in [5.41, 5.74) is 5.11. The van der Waals surface area contributed by atoms with Gasteiger partial charge in [-0.15, -0.1) is 0 Å². The van der Waals surface area contributed by atoms with Crippen LogP contribution in [-0.4, -0.2) is 70.9 Å². The first-order chi connectivity index (χ1) is 10.3. The Hall–Kier alpha value is -1.85. The van der Waals surface area contributed by atoms with Crippen LogP contribution in [0.5, 0.6) is 0 Å². The molecule has 0 aromatic heterocycles. The molecule has 3 atom stereocenters. The number of carboxylic acids is 1. The van der Waals surface area contributed by atoms with E-state index in [0.29, 0.717) is 0 Å². The number of hydrogen-bond acceptors (Lipinski definition) is 7. The van der Waals surface area contributed by atoms with Gasteiger partial charge in [0.25, 0.3) is 0 Å². The van der Waals surface area contributed by atoms with Crippen LogP contribution in [0.4, 0.5) is 0 Å². The van der Waals surface area contributed by atoms with Gasteiger partial charge in [-0.2, -0.15) is 12.6 Å². The number of carboxylic acid groups (broad SMARTS) is 1. The lowest BCUT2D eigenvalue weighted by Gasteiger charge is -2.20. The van der Waals surface area contributed by atoms with E-state index in [1.54, 1.807) is 0 Å². The minimum Gasteiger partial charge on any atom is -0.480 e. The molecule has 0 radical (unpaired) electrons. The molecular formula is C11H20N4O6S. The van der Waals surface area contributed by atoms with Gasteiger partial charge in [0.2, 0.25) is 17.7 Å². The third kappa shape index (κ3) is 6.74. The van der Waals surface area contributed by atoms with E-state index in [9.17, 15) is 19.2 Å². The van der Waals surface area contributed by atoms with Crippen LogP contribution in [0.2, 0.25) is 0 Å². The second kappa shape index (κ2) is 9.97. The molecule has 0 aromatic carbocycles. The number of rotatable bonds is 9. The maximum absolute atomic E-state index is 11.9. The summed E-state index contributed by atoms with van der Waals surface area (Å²) in [5.74, 6) is -3.44. The number of aliphatic hydroxyl groups is 1. The van der Waals surface area contributed by atoms with Gasteiger partial charge >= 0.3 is 5.97 Å². The third-order valence-electron chi connectivity index (χ3n) is 2.57. The maximum atomic E-state index is 11.9. The number of hydrogen-bond donors (Lipinski definition) is 7. The predicted octanol–water partition coefficient (Wildman–Crippen LogP) is -3.57. The Morgan fingerprint density at radius 3 is 2.09 bits per heavy atom. The van der Waals surface area contributed by atoms with E-state index in [1.807, 2.05) is 0 Å². The van der Waals surface area contributed by atoms with Gasteiger partial charge in [0, 0.05) is 5.75 Å². The van der Waals surface area contributed by atoms with Crippen molar-refractivity contribution in [2.24, 2.45) is 5.73 Å². The van der Waals surface area contributed by atoms with Crippen molar-refractivity contribution in [2.75, 3.05) is 18.9 Å². The Morgan fingerprint density at radius 2 is 1.68 bits per heavy atom. The van der Waals surface area contributed by atoms with Crippen LogP contribution in [0.1, 0.15) is 6.92 Å². The Bertz CT molecular complexity index is 433. The molecule has 22 heavy (non-hydrogen) atoms. The second-order valence-electron chi connectivity index (χ2n) is 4.32. The van der Waals surface area contributed by atoms with Crippen LogP contribution in [0.3, 0.4) is 0 Å². The molecule has 3 unspecified atom stereocenters. The smallest absolute Gasteiger partial charge is 0.328 e. The first-order valence-corrected chi connectivity index (χ1v) is 6.94. The van der Waals surface area contributed by atoms with E-state index in [0.717, 1.165) is 0 Å². The molecule has 7 N–H and O–H groups in total. The molecule has 0 heterocycles. The minimum atomic E-state index is -1.47. The van der Waals surface area contributed by atoms with Gasteiger partial charge in [0.1, 0.15) is 18.1 Å². The van der Waals surface area contributed by atoms with Gasteiger partial charge in [-0.3, -0.25) is 14.4 Å². The van der Waals surface area contributed by atoms with Gasteiger partial charge < -0.3 is 31.9 Å². The highest BCUT2D eigenvalue weighted by atomic mass is 32.1. The largest absolute Gasteiger partial charge is 0.480 e. The number of nitrogens with one attached hydrogen (secondary N) is 3. The number of thiol groups is 1. The quantitative estimate of drug-likeness (QED) is 0.213. The lowest BCUT2D eigenvalue weighted by Crippen LogP contribution is -2.56. The zero-order valence-corrected chi connectivity index (χ0v) is 12.8. The highest BCUT2D eigenvalue weighted by molar-refractivity contribution is 7.80. The van der Waals surface area contributed by atoms with Gasteiger partial charge in [0.15, 0.2) is 0 Å². The summed E-state index contributed by atoms with van der Waals surface area (Å²) in [6, 6.07) is -3.52. The second-order valence-corrected chi connectivity index (χ2v) is 4.68. The van der Waals surface area contributed by atoms with Crippen molar-refractivity contribution >= 4 is 36.3 Å². The first kappa shape index (κ1) is 20.1. The molecule has 3 amide bonds. The van der Waals surface area contributed by atoms with Crippen LogP contribution in [-0.2, 0) is 19.2 Å². The average Bonchev–Trinajstić information content (AvgIpc) is 2.48. The van der Waals surface area contributed by atoms with Crippen molar-refractivity contribution in [1.82, 2.24) is 16.0 Å². The van der Waals surface area contributed by atoms with Crippen LogP contribution in [0.15, 0.2) is 0 Å². The SMILES string of the molecule is CC(NC(=O)C(CS)NC(=O)CN)C(=O)NC(CO)C(=O)O. The summed E-state index contributed by atoms with van der Waals surface area (Å²) in [6.07, 6.45) is 0. The molecule has 10 nitrogen and oxygen atoms in total. The number of amides is 3. The molecular weight excluding hydrogens is 316 g/mol. The minimum absolute atomic E-state index is 0.0136. The summed E-state index contributed by atoms with van der Waals surface area (Å²) in [6.45, 7) is 0.238. The normalized spacial score (nSPS) is 14.4. The summed E-state index contributed by atoms with van der Waals surface area (Å²) >= 11 is 3.91. The maximum Gasteiger partial charge on any atom is 0.328 e. The number of aliphatic carboxylic acids is 1. The van der Waals surface area contributed by atoms with E-state index in [4.69, 9.17) is 15.9 Å². The monoisotopic (exact) mass is 336 g/mol. The van der Waals surface area contributed by atoms with Crippen LogP contribution in [0, 0.1) is 0 Å². The van der Waals surface area contributed by atoms with Crippen molar-refractivity contribution in [2.45, 2.75) is 25.0 Å². The van der Waals surface area contributed by atoms with Crippen LogP contribution >= 0.6 is 12.6 Å². The highest BCUT2D eigenvalue weighted by Crippen LogP contribution is 1.93. The van der Waals surface area contributed by atoms with Crippen LogP contribution < -0.4 is 21.7 Å². The Labute approximate surface area is 132 Å². The van der Waals surface area contributed by atoms with Gasteiger partial charge in [0.05, 0.1) is 13.2 Å². The van der Waals surface area contributed by atoms with Crippen molar-refractivity contribution in [3.05, 3.63) is 0 Å². The Kier molecular flexibility index (Phi) is 9.13. The fourth-order valence-corrected chi connectivity index (χ4v) is 1.57. The van der Waals surface area contributed by atoms with E-state index >= 15 is 0 Å². The molecule has 11 heteroatoms. The van der Waals surface area contributed by atoms with Crippen molar-refractivity contribution in [1.29, 1.82) is 0 Å². The van der Waals surface area contributed by atoms with Crippen molar-refractivity contribution in [3.8, 4) is 0 Å². The number of carbonyl (C=O) groups is 4. The standard InChI is InChI=1S/C11H20N4O6S/c1-5(9(18)15-6(3-16)11(20)21)13-10(19)7(4-22)14-8(17)2-12/h5-7,16,22H,2-4,12H2,1H3,(H,13,19)(H,14,17)(H,15,18)(H,20,21). The number of nitrogens with two attached hydrogens (primary N) is 1. The molecule has 0 fully saturated rings. The van der Waals surface area contributed by atoms with Gasteiger partial charge in [-0.05, 0) is 6.92 Å². The zero-order chi connectivity index (χ0) is 17.3. The van der Waals surface area contributed by atoms with Crippen molar-refractivity contribution in [3.63, 3.8) is 0 Å². The fourth-order valence-electron chi connectivity index (χ4n) is 1.31. The molecule has 126 valence electrons. The molecule has 0 aliphatic heterocycles. The first-order valence-electron chi connectivity index (χ1n) is 6.31. The van der Waals surface area contributed by atoms with E-state index in [1.165, 1.54) is 6.92 Å².